The molecule has 0 aliphatic rings. The summed E-state index contributed by atoms with van der Waals surface area (Å²) in [6.45, 7) is 1.62. The largest absolute Gasteiger partial charge is 0.496 e. The normalized spacial score (nSPS) is 11.4. The van der Waals surface area contributed by atoms with Crippen molar-refractivity contribution in [3.05, 3.63) is 47.8 Å². The molecule has 1 heterocycles. The van der Waals surface area contributed by atoms with Gasteiger partial charge in [-0.3, -0.25) is 9.67 Å². The van der Waals surface area contributed by atoms with Crippen LogP contribution < -0.4 is 10.1 Å². The van der Waals surface area contributed by atoms with Gasteiger partial charge < -0.3 is 15.0 Å². The average Bonchev–Trinajstić information content (AvgIpc) is 3.00. The summed E-state index contributed by atoms with van der Waals surface area (Å²) in [5, 5.41) is 7.60. The summed E-state index contributed by atoms with van der Waals surface area (Å²) in [5.41, 5.74) is 2.40. The number of benzene rings is 1. The Morgan fingerprint density at radius 1 is 1.38 bits per heavy atom. The third-order valence-corrected chi connectivity index (χ3v) is 3.86. The van der Waals surface area contributed by atoms with Crippen LogP contribution in [0.4, 0.5) is 0 Å². The molecule has 130 valence electrons. The van der Waals surface area contributed by atoms with Gasteiger partial charge in [0.1, 0.15) is 5.75 Å². The zero-order chi connectivity index (χ0) is 17.4. The number of nitrogens with zero attached hydrogens (tertiary/aromatic N) is 4. The van der Waals surface area contributed by atoms with Crippen molar-refractivity contribution in [2.75, 3.05) is 27.7 Å². The van der Waals surface area contributed by atoms with E-state index < -0.39 is 0 Å². The molecule has 0 spiro atoms. The maximum atomic E-state index is 5.41. The first-order chi connectivity index (χ1) is 11.6. The highest BCUT2D eigenvalue weighted by atomic mass is 16.5. The van der Waals surface area contributed by atoms with Crippen molar-refractivity contribution in [3.8, 4) is 5.75 Å². The number of hydrogen-bond acceptors (Lipinski definition) is 3. The predicted molar refractivity (Wildman–Crippen MR) is 97.4 cm³/mol. The number of aryl methyl sites for hydroxylation is 2. The molecule has 0 saturated heterocycles. The van der Waals surface area contributed by atoms with E-state index >= 15 is 0 Å². The van der Waals surface area contributed by atoms with Crippen LogP contribution in [0.2, 0.25) is 0 Å². The van der Waals surface area contributed by atoms with Gasteiger partial charge in [0, 0.05) is 46.0 Å². The zero-order valence-electron chi connectivity index (χ0n) is 15.0. The first-order valence-electron chi connectivity index (χ1n) is 8.15. The van der Waals surface area contributed by atoms with E-state index in [1.54, 1.807) is 7.11 Å². The summed E-state index contributed by atoms with van der Waals surface area (Å²) in [6, 6.07) is 8.06. The van der Waals surface area contributed by atoms with Crippen LogP contribution in [0, 0.1) is 0 Å². The Hall–Kier alpha value is -2.50. The van der Waals surface area contributed by atoms with Crippen molar-refractivity contribution in [1.82, 2.24) is 20.0 Å². The van der Waals surface area contributed by atoms with E-state index in [1.165, 1.54) is 5.56 Å². The summed E-state index contributed by atoms with van der Waals surface area (Å²) in [7, 11) is 7.48. The van der Waals surface area contributed by atoms with Gasteiger partial charge in [-0.15, -0.1) is 0 Å². The van der Waals surface area contributed by atoms with E-state index in [2.05, 4.69) is 32.6 Å². The molecule has 0 radical (unpaired) electrons. The van der Waals surface area contributed by atoms with Crippen LogP contribution in [0.3, 0.4) is 0 Å². The predicted octanol–water partition coefficient (Wildman–Crippen LogP) is 2.07. The monoisotopic (exact) mass is 329 g/mol. The molecule has 1 aromatic carbocycles. The lowest BCUT2D eigenvalue weighted by atomic mass is 10.2. The Balaban J connectivity index is 1.82. The standard InChI is InChI=1S/C18H27N5O/c1-19-18(20-11-7-8-15-12-21-23(3)13-15)22(2)14-16-9-5-6-10-17(16)24-4/h5-6,9-10,12-13H,7-8,11,14H2,1-4H3,(H,19,20). The van der Waals surface area contributed by atoms with Crippen molar-refractivity contribution >= 4 is 5.96 Å². The molecule has 6 nitrogen and oxygen atoms in total. The molecule has 0 aliphatic carbocycles. The minimum atomic E-state index is 0.742. The third-order valence-electron chi connectivity index (χ3n) is 3.86. The fraction of sp³-hybridized carbons (Fsp3) is 0.444. The van der Waals surface area contributed by atoms with Gasteiger partial charge in [0.15, 0.2) is 5.96 Å². The fourth-order valence-corrected chi connectivity index (χ4v) is 2.64. The molecule has 0 amide bonds. The number of aliphatic imine (C=N–C) groups is 1. The van der Waals surface area contributed by atoms with Gasteiger partial charge in [0.2, 0.25) is 0 Å². The lowest BCUT2D eigenvalue weighted by molar-refractivity contribution is 0.396. The molecular weight excluding hydrogens is 302 g/mol. The molecule has 0 fully saturated rings. The summed E-state index contributed by atoms with van der Waals surface area (Å²) in [4.78, 5) is 6.46. The van der Waals surface area contributed by atoms with Crippen LogP contribution in [0.1, 0.15) is 17.5 Å². The van der Waals surface area contributed by atoms with E-state index in [-0.39, 0.29) is 0 Å². The van der Waals surface area contributed by atoms with Crippen LogP contribution in [-0.4, -0.2) is 48.4 Å². The van der Waals surface area contributed by atoms with Crippen molar-refractivity contribution < 1.29 is 4.74 Å². The zero-order valence-corrected chi connectivity index (χ0v) is 15.0. The van der Waals surface area contributed by atoms with E-state index in [1.807, 2.05) is 50.2 Å². The van der Waals surface area contributed by atoms with Crippen LogP contribution in [0.5, 0.6) is 5.75 Å². The number of aromatic nitrogens is 2. The third kappa shape index (κ3) is 5.01. The summed E-state index contributed by atoms with van der Waals surface area (Å²) in [6.07, 6.45) is 6.02. The van der Waals surface area contributed by atoms with Crippen molar-refractivity contribution in [2.45, 2.75) is 19.4 Å². The number of para-hydroxylation sites is 1. The number of ether oxygens (including phenoxy) is 1. The minimum Gasteiger partial charge on any atom is -0.496 e. The van der Waals surface area contributed by atoms with Gasteiger partial charge in [-0.1, -0.05) is 18.2 Å². The number of rotatable bonds is 7. The Labute approximate surface area is 144 Å². The molecule has 2 aromatic rings. The number of guanidine groups is 1. The summed E-state index contributed by atoms with van der Waals surface area (Å²) >= 11 is 0. The Kier molecular flexibility index (Phi) is 6.66. The molecule has 6 heteroatoms. The Morgan fingerprint density at radius 3 is 2.83 bits per heavy atom. The molecule has 0 aliphatic heterocycles. The molecule has 24 heavy (non-hydrogen) atoms. The molecule has 0 bridgehead atoms. The number of methoxy groups -OCH3 is 1. The second-order valence-corrected chi connectivity index (χ2v) is 5.77. The lowest BCUT2D eigenvalue weighted by Crippen LogP contribution is -2.39. The Bertz CT molecular complexity index is 665. The van der Waals surface area contributed by atoms with Gasteiger partial charge in [0.05, 0.1) is 13.3 Å². The molecule has 2 rings (SSSR count). The van der Waals surface area contributed by atoms with Crippen LogP contribution in [0.25, 0.3) is 0 Å². The topological polar surface area (TPSA) is 54.7 Å². The minimum absolute atomic E-state index is 0.742. The van der Waals surface area contributed by atoms with Crippen molar-refractivity contribution in [1.29, 1.82) is 0 Å². The van der Waals surface area contributed by atoms with Gasteiger partial charge in [-0.25, -0.2) is 0 Å². The second-order valence-electron chi connectivity index (χ2n) is 5.77. The van der Waals surface area contributed by atoms with E-state index in [4.69, 9.17) is 4.74 Å². The van der Waals surface area contributed by atoms with E-state index in [0.29, 0.717) is 0 Å². The SMILES string of the molecule is CN=C(NCCCc1cnn(C)c1)N(C)Cc1ccccc1OC. The summed E-state index contributed by atoms with van der Waals surface area (Å²) < 4.78 is 7.25. The van der Waals surface area contributed by atoms with Gasteiger partial charge in [-0.05, 0) is 24.5 Å². The molecule has 1 N–H and O–H groups in total. The molecular formula is C18H27N5O. The Morgan fingerprint density at radius 2 is 2.17 bits per heavy atom. The van der Waals surface area contributed by atoms with Crippen LogP contribution >= 0.6 is 0 Å². The maximum absolute atomic E-state index is 5.41. The number of hydrogen-bond donors (Lipinski definition) is 1. The average molecular weight is 329 g/mol. The highest BCUT2D eigenvalue weighted by Gasteiger charge is 2.09. The fourth-order valence-electron chi connectivity index (χ4n) is 2.64. The molecule has 0 unspecified atom stereocenters. The highest BCUT2D eigenvalue weighted by molar-refractivity contribution is 5.79. The van der Waals surface area contributed by atoms with Gasteiger partial charge in [-0.2, -0.15) is 5.10 Å². The maximum Gasteiger partial charge on any atom is 0.193 e. The summed E-state index contributed by atoms with van der Waals surface area (Å²) in [5.74, 6) is 1.78. The van der Waals surface area contributed by atoms with E-state index in [0.717, 1.165) is 43.2 Å². The molecule has 0 saturated carbocycles. The van der Waals surface area contributed by atoms with E-state index in [9.17, 15) is 0 Å². The van der Waals surface area contributed by atoms with Gasteiger partial charge >= 0.3 is 0 Å². The quantitative estimate of drug-likeness (QED) is 0.480. The van der Waals surface area contributed by atoms with Gasteiger partial charge in [0.25, 0.3) is 0 Å². The molecule has 0 atom stereocenters. The lowest BCUT2D eigenvalue weighted by Gasteiger charge is -2.23. The first kappa shape index (κ1) is 17.8. The van der Waals surface area contributed by atoms with Crippen molar-refractivity contribution in [2.24, 2.45) is 12.0 Å². The smallest absolute Gasteiger partial charge is 0.193 e. The van der Waals surface area contributed by atoms with Crippen LogP contribution in [0.15, 0.2) is 41.7 Å². The highest BCUT2D eigenvalue weighted by Crippen LogP contribution is 2.18. The van der Waals surface area contributed by atoms with Crippen molar-refractivity contribution in [3.63, 3.8) is 0 Å². The second kappa shape index (κ2) is 8.96. The number of nitrogens with one attached hydrogen (secondary N) is 1. The van der Waals surface area contributed by atoms with Crippen LogP contribution in [-0.2, 0) is 20.0 Å². The first-order valence-corrected chi connectivity index (χ1v) is 8.15. The molecule has 1 aromatic heterocycles.